The number of benzene rings is 1. The first-order chi connectivity index (χ1) is 8.22. The third-order valence-corrected chi connectivity index (χ3v) is 3.09. The van der Waals surface area contributed by atoms with Crippen molar-refractivity contribution >= 4 is 17.8 Å². The van der Waals surface area contributed by atoms with Crippen molar-refractivity contribution in [1.29, 1.82) is 0 Å². The van der Waals surface area contributed by atoms with E-state index in [1.54, 1.807) is 11.8 Å². The molecule has 0 aliphatic carbocycles. The number of hydrogen-bond acceptors (Lipinski definition) is 3. The molecular weight excluding hydrogens is 236 g/mol. The van der Waals surface area contributed by atoms with Crippen LogP contribution in [0.3, 0.4) is 0 Å². The van der Waals surface area contributed by atoms with E-state index in [4.69, 9.17) is 5.11 Å². The molecule has 0 unspecified atom stereocenters. The average Bonchev–Trinajstić information content (AvgIpc) is 2.34. The minimum atomic E-state index is -0.233. The maximum absolute atomic E-state index is 11.1. The van der Waals surface area contributed by atoms with Gasteiger partial charge in [-0.3, -0.25) is 0 Å². The maximum Gasteiger partial charge on any atom is 0.314 e. The molecule has 1 rings (SSSR count). The normalized spacial score (nSPS) is 10.0. The summed E-state index contributed by atoms with van der Waals surface area (Å²) in [5.74, 6) is 0.829. The molecule has 4 nitrogen and oxygen atoms in total. The highest BCUT2D eigenvalue weighted by Crippen LogP contribution is 2.17. The van der Waals surface area contributed by atoms with Gasteiger partial charge in [0.05, 0.1) is 6.61 Å². The molecule has 5 heteroatoms. The average molecular weight is 254 g/mol. The van der Waals surface area contributed by atoms with Gasteiger partial charge < -0.3 is 15.7 Å². The molecule has 0 saturated heterocycles. The molecule has 0 heterocycles. The standard InChI is InChI=1S/C12H18N2O2S/c1-10-2-4-11(5-3-10)17-9-7-14-12(16)13-6-8-15/h2-5,15H,6-9H2,1H3,(H2,13,14,16). The highest BCUT2D eigenvalue weighted by molar-refractivity contribution is 7.99. The zero-order valence-corrected chi connectivity index (χ0v) is 10.7. The molecule has 0 aromatic heterocycles. The first-order valence-electron chi connectivity index (χ1n) is 5.54. The van der Waals surface area contributed by atoms with Gasteiger partial charge in [0, 0.05) is 23.7 Å². The van der Waals surface area contributed by atoms with Gasteiger partial charge in [-0.25, -0.2) is 4.79 Å². The number of nitrogens with one attached hydrogen (secondary N) is 2. The summed E-state index contributed by atoms with van der Waals surface area (Å²) >= 11 is 1.70. The number of carbonyl (C=O) groups is 1. The summed E-state index contributed by atoms with van der Waals surface area (Å²) in [5, 5.41) is 13.8. The van der Waals surface area contributed by atoms with E-state index < -0.39 is 0 Å². The predicted octanol–water partition coefficient (Wildman–Crippen LogP) is 1.38. The third kappa shape index (κ3) is 6.19. The molecule has 3 N–H and O–H groups in total. The van der Waals surface area contributed by atoms with Crippen LogP contribution >= 0.6 is 11.8 Å². The molecule has 0 radical (unpaired) electrons. The zero-order chi connectivity index (χ0) is 12.5. The predicted molar refractivity (Wildman–Crippen MR) is 70.4 cm³/mol. The largest absolute Gasteiger partial charge is 0.395 e. The van der Waals surface area contributed by atoms with Crippen LogP contribution in [0.5, 0.6) is 0 Å². The smallest absolute Gasteiger partial charge is 0.314 e. The summed E-state index contributed by atoms with van der Waals surface area (Å²) in [7, 11) is 0. The number of carbonyl (C=O) groups excluding carboxylic acids is 1. The van der Waals surface area contributed by atoms with Crippen molar-refractivity contribution in [3.63, 3.8) is 0 Å². The molecule has 0 aliphatic heterocycles. The van der Waals surface area contributed by atoms with Crippen LogP contribution in [0, 0.1) is 6.92 Å². The van der Waals surface area contributed by atoms with Crippen LogP contribution in [0.25, 0.3) is 0 Å². The number of aryl methyl sites for hydroxylation is 1. The molecule has 0 bridgehead atoms. The molecule has 94 valence electrons. The summed E-state index contributed by atoms with van der Waals surface area (Å²) < 4.78 is 0. The summed E-state index contributed by atoms with van der Waals surface area (Å²) in [6.07, 6.45) is 0. The van der Waals surface area contributed by atoms with E-state index in [9.17, 15) is 4.79 Å². The fraction of sp³-hybridized carbons (Fsp3) is 0.417. The van der Waals surface area contributed by atoms with Crippen molar-refractivity contribution in [3.05, 3.63) is 29.8 Å². The van der Waals surface area contributed by atoms with Crippen molar-refractivity contribution < 1.29 is 9.90 Å². The molecule has 1 aromatic carbocycles. The maximum atomic E-state index is 11.1. The van der Waals surface area contributed by atoms with E-state index in [-0.39, 0.29) is 19.2 Å². The Morgan fingerprint density at radius 2 is 1.88 bits per heavy atom. The van der Waals surface area contributed by atoms with Gasteiger partial charge >= 0.3 is 6.03 Å². The Labute approximate surface area is 106 Å². The highest BCUT2D eigenvalue weighted by Gasteiger charge is 1.98. The van der Waals surface area contributed by atoms with Crippen molar-refractivity contribution in [2.45, 2.75) is 11.8 Å². The van der Waals surface area contributed by atoms with E-state index in [2.05, 4.69) is 41.8 Å². The number of amides is 2. The quantitative estimate of drug-likeness (QED) is 0.531. The first kappa shape index (κ1) is 13.9. The molecule has 2 amide bonds. The minimum Gasteiger partial charge on any atom is -0.395 e. The van der Waals surface area contributed by atoms with E-state index in [1.165, 1.54) is 10.5 Å². The topological polar surface area (TPSA) is 61.4 Å². The fourth-order valence-corrected chi connectivity index (χ4v) is 1.97. The number of aliphatic hydroxyl groups excluding tert-OH is 1. The van der Waals surface area contributed by atoms with Gasteiger partial charge in [0.1, 0.15) is 0 Å². The van der Waals surface area contributed by atoms with Gasteiger partial charge in [-0.2, -0.15) is 0 Å². The van der Waals surface area contributed by atoms with Crippen LogP contribution in [-0.4, -0.2) is 36.6 Å². The van der Waals surface area contributed by atoms with Gasteiger partial charge in [0.2, 0.25) is 0 Å². The van der Waals surface area contributed by atoms with Crippen LogP contribution < -0.4 is 10.6 Å². The van der Waals surface area contributed by atoms with Crippen molar-refractivity contribution in [2.24, 2.45) is 0 Å². The summed E-state index contributed by atoms with van der Waals surface area (Å²) in [5.41, 5.74) is 1.25. The summed E-state index contributed by atoms with van der Waals surface area (Å²) in [6.45, 7) is 2.92. The van der Waals surface area contributed by atoms with Gasteiger partial charge in [0.25, 0.3) is 0 Å². The Hall–Kier alpha value is -1.20. The SMILES string of the molecule is Cc1ccc(SCCNC(=O)NCCO)cc1. The lowest BCUT2D eigenvalue weighted by Crippen LogP contribution is -2.38. The second-order valence-corrected chi connectivity index (χ2v) is 4.74. The van der Waals surface area contributed by atoms with Crippen LogP contribution in [0.15, 0.2) is 29.2 Å². The Bertz CT molecular complexity index is 341. The minimum absolute atomic E-state index is 0.0362. The van der Waals surface area contributed by atoms with Gasteiger partial charge in [-0.15, -0.1) is 11.8 Å². The van der Waals surface area contributed by atoms with Gasteiger partial charge in [0.15, 0.2) is 0 Å². The summed E-state index contributed by atoms with van der Waals surface area (Å²) in [6, 6.07) is 8.06. The Balaban J connectivity index is 2.11. The lowest BCUT2D eigenvalue weighted by Gasteiger charge is -2.06. The number of thioether (sulfide) groups is 1. The van der Waals surface area contributed by atoms with Gasteiger partial charge in [-0.05, 0) is 19.1 Å². The Morgan fingerprint density at radius 1 is 1.24 bits per heavy atom. The molecule has 0 saturated carbocycles. The van der Waals surface area contributed by atoms with Crippen LogP contribution in [0.1, 0.15) is 5.56 Å². The number of aliphatic hydroxyl groups is 1. The lowest BCUT2D eigenvalue weighted by molar-refractivity contribution is 0.235. The molecule has 0 fully saturated rings. The van der Waals surface area contributed by atoms with E-state index in [1.807, 2.05) is 0 Å². The molecule has 0 atom stereocenters. The molecular formula is C12H18N2O2S. The fourth-order valence-electron chi connectivity index (χ4n) is 1.20. The molecule has 17 heavy (non-hydrogen) atoms. The van der Waals surface area contributed by atoms with Gasteiger partial charge in [-0.1, -0.05) is 17.7 Å². The Kier molecular flexibility index (Phi) is 6.50. The van der Waals surface area contributed by atoms with Crippen molar-refractivity contribution in [1.82, 2.24) is 10.6 Å². The second-order valence-electron chi connectivity index (χ2n) is 3.57. The van der Waals surface area contributed by atoms with Crippen LogP contribution in [0.2, 0.25) is 0 Å². The Morgan fingerprint density at radius 3 is 2.53 bits per heavy atom. The van der Waals surface area contributed by atoms with Crippen molar-refractivity contribution in [3.8, 4) is 0 Å². The number of hydrogen-bond donors (Lipinski definition) is 3. The molecule has 0 aliphatic rings. The molecule has 0 spiro atoms. The monoisotopic (exact) mass is 254 g/mol. The second kappa shape index (κ2) is 7.97. The molecule has 1 aromatic rings. The highest BCUT2D eigenvalue weighted by atomic mass is 32.2. The van der Waals surface area contributed by atoms with E-state index >= 15 is 0 Å². The van der Waals surface area contributed by atoms with E-state index in [0.29, 0.717) is 6.54 Å². The number of rotatable bonds is 6. The van der Waals surface area contributed by atoms with Crippen LogP contribution in [-0.2, 0) is 0 Å². The third-order valence-electron chi connectivity index (χ3n) is 2.07. The van der Waals surface area contributed by atoms with E-state index in [0.717, 1.165) is 5.75 Å². The van der Waals surface area contributed by atoms with Crippen LogP contribution in [0.4, 0.5) is 4.79 Å². The zero-order valence-electron chi connectivity index (χ0n) is 9.90. The summed E-state index contributed by atoms with van der Waals surface area (Å²) in [4.78, 5) is 12.3. The lowest BCUT2D eigenvalue weighted by atomic mass is 10.2. The number of urea groups is 1. The first-order valence-corrected chi connectivity index (χ1v) is 6.53. The van der Waals surface area contributed by atoms with Crippen molar-refractivity contribution in [2.75, 3.05) is 25.4 Å².